The second kappa shape index (κ2) is 2.75. The van der Waals surface area contributed by atoms with E-state index in [9.17, 15) is 4.79 Å². The molecule has 14 heavy (non-hydrogen) atoms. The van der Waals surface area contributed by atoms with Crippen LogP contribution in [0.15, 0.2) is 11.6 Å². The van der Waals surface area contributed by atoms with Gasteiger partial charge in [0.1, 0.15) is 0 Å². The summed E-state index contributed by atoms with van der Waals surface area (Å²) in [5.74, 6) is 3.14. The first kappa shape index (κ1) is 8.78. The fraction of sp³-hybridized carbons (Fsp3) is 0.727. The highest BCUT2D eigenvalue weighted by atomic mass is 35.5. The van der Waals surface area contributed by atoms with E-state index in [2.05, 4.69) is 11.9 Å². The normalized spacial score (nSPS) is 47.4. The van der Waals surface area contributed by atoms with Gasteiger partial charge in [-0.25, -0.2) is 0 Å². The molecule has 0 aromatic rings. The Morgan fingerprint density at radius 2 is 1.86 bits per heavy atom. The largest absolute Gasteiger partial charge is 0.348 e. The molecule has 3 heteroatoms. The molecule has 0 spiro atoms. The monoisotopic (exact) mass is 211 g/mol. The maximum atomic E-state index is 11.3. The SMILES string of the molecule is C=C(Cl)C(=O)NC1C2C3CCC(C3)C12. The Morgan fingerprint density at radius 3 is 2.36 bits per heavy atom. The molecule has 0 heterocycles. The molecule has 1 amide bonds. The number of nitrogens with one attached hydrogen (secondary N) is 1. The van der Waals surface area contributed by atoms with E-state index in [4.69, 9.17) is 11.6 Å². The second-order valence-corrected chi connectivity index (χ2v) is 5.35. The summed E-state index contributed by atoms with van der Waals surface area (Å²) in [4.78, 5) is 11.3. The molecule has 3 aliphatic rings. The van der Waals surface area contributed by atoms with Gasteiger partial charge in [-0.05, 0) is 42.9 Å². The summed E-state index contributed by atoms with van der Waals surface area (Å²) in [5, 5.41) is 3.10. The predicted molar refractivity (Wildman–Crippen MR) is 54.7 cm³/mol. The van der Waals surface area contributed by atoms with Crippen molar-refractivity contribution in [2.24, 2.45) is 23.7 Å². The van der Waals surface area contributed by atoms with Crippen LogP contribution in [0.25, 0.3) is 0 Å². The molecule has 0 aromatic carbocycles. The third-order valence-electron chi connectivity index (χ3n) is 4.28. The topological polar surface area (TPSA) is 29.1 Å². The van der Waals surface area contributed by atoms with Gasteiger partial charge in [-0.2, -0.15) is 0 Å². The van der Waals surface area contributed by atoms with Crippen molar-refractivity contribution in [2.75, 3.05) is 0 Å². The molecule has 4 atom stereocenters. The Hall–Kier alpha value is -0.500. The molecule has 3 rings (SSSR count). The van der Waals surface area contributed by atoms with Crippen molar-refractivity contribution in [3.8, 4) is 0 Å². The molecular formula is C11H14ClNO. The molecule has 76 valence electrons. The van der Waals surface area contributed by atoms with Gasteiger partial charge in [0.25, 0.3) is 5.91 Å². The van der Waals surface area contributed by atoms with Gasteiger partial charge in [0.05, 0.1) is 5.03 Å². The third kappa shape index (κ3) is 1.07. The number of halogens is 1. The minimum absolute atomic E-state index is 0.113. The first-order valence-corrected chi connectivity index (χ1v) is 5.71. The molecule has 3 aliphatic carbocycles. The lowest BCUT2D eigenvalue weighted by Gasteiger charge is -2.09. The third-order valence-corrected chi connectivity index (χ3v) is 4.45. The van der Waals surface area contributed by atoms with Gasteiger partial charge in [-0.15, -0.1) is 0 Å². The number of fused-ring (bicyclic) bond motifs is 5. The van der Waals surface area contributed by atoms with Crippen LogP contribution < -0.4 is 5.32 Å². The summed E-state index contributed by atoms with van der Waals surface area (Å²) in [6, 6.07) is 0.421. The Morgan fingerprint density at radius 1 is 1.29 bits per heavy atom. The number of hydrogen-bond donors (Lipinski definition) is 1. The van der Waals surface area contributed by atoms with Crippen LogP contribution in [0, 0.1) is 23.7 Å². The highest BCUT2D eigenvalue weighted by molar-refractivity contribution is 6.41. The molecular weight excluding hydrogens is 198 g/mol. The maximum Gasteiger partial charge on any atom is 0.262 e. The predicted octanol–water partition coefficient (Wildman–Crippen LogP) is 1.90. The fourth-order valence-corrected chi connectivity index (χ4v) is 3.80. The van der Waals surface area contributed by atoms with Crippen molar-refractivity contribution in [1.82, 2.24) is 5.32 Å². The van der Waals surface area contributed by atoms with Crippen LogP contribution >= 0.6 is 11.6 Å². The van der Waals surface area contributed by atoms with Crippen molar-refractivity contribution in [3.63, 3.8) is 0 Å². The zero-order chi connectivity index (χ0) is 9.87. The van der Waals surface area contributed by atoms with E-state index >= 15 is 0 Å². The van der Waals surface area contributed by atoms with Gasteiger partial charge in [-0.3, -0.25) is 4.79 Å². The van der Waals surface area contributed by atoms with Gasteiger partial charge in [0, 0.05) is 6.04 Å². The van der Waals surface area contributed by atoms with Crippen LogP contribution in [0.2, 0.25) is 0 Å². The Labute approximate surface area is 88.7 Å². The Balaban J connectivity index is 1.64. The lowest BCUT2D eigenvalue weighted by atomic mass is 10.0. The van der Waals surface area contributed by atoms with Crippen molar-refractivity contribution >= 4 is 17.5 Å². The number of hydrogen-bond acceptors (Lipinski definition) is 1. The van der Waals surface area contributed by atoms with Gasteiger partial charge < -0.3 is 5.32 Å². The minimum atomic E-state index is -0.175. The average Bonchev–Trinajstić information content (AvgIpc) is 2.59. The summed E-state index contributed by atoms with van der Waals surface area (Å²) in [6.07, 6.45) is 4.16. The van der Waals surface area contributed by atoms with E-state index in [1.54, 1.807) is 0 Å². The van der Waals surface area contributed by atoms with Crippen LogP contribution in [-0.2, 0) is 4.79 Å². The van der Waals surface area contributed by atoms with Crippen molar-refractivity contribution in [3.05, 3.63) is 11.6 Å². The molecule has 2 bridgehead atoms. The Bertz CT molecular complexity index is 298. The van der Waals surface area contributed by atoms with Crippen LogP contribution in [0.1, 0.15) is 19.3 Å². The lowest BCUT2D eigenvalue weighted by Crippen LogP contribution is -2.29. The number of carbonyl (C=O) groups is 1. The number of amides is 1. The van der Waals surface area contributed by atoms with Gasteiger partial charge >= 0.3 is 0 Å². The molecule has 0 saturated heterocycles. The summed E-state index contributed by atoms with van der Waals surface area (Å²) in [7, 11) is 0. The van der Waals surface area contributed by atoms with E-state index in [1.807, 2.05) is 0 Å². The quantitative estimate of drug-likeness (QED) is 0.695. The molecule has 1 N–H and O–H groups in total. The van der Waals surface area contributed by atoms with Gasteiger partial charge in [-0.1, -0.05) is 18.2 Å². The lowest BCUT2D eigenvalue weighted by molar-refractivity contribution is -0.117. The zero-order valence-electron chi connectivity index (χ0n) is 8.00. The van der Waals surface area contributed by atoms with Crippen LogP contribution in [0.4, 0.5) is 0 Å². The average molecular weight is 212 g/mol. The van der Waals surface area contributed by atoms with Crippen molar-refractivity contribution in [2.45, 2.75) is 25.3 Å². The van der Waals surface area contributed by atoms with Gasteiger partial charge in [0.15, 0.2) is 0 Å². The van der Waals surface area contributed by atoms with Gasteiger partial charge in [0.2, 0.25) is 0 Å². The molecule has 4 unspecified atom stereocenters. The highest BCUT2D eigenvalue weighted by Gasteiger charge is 2.65. The highest BCUT2D eigenvalue weighted by Crippen LogP contribution is 2.65. The van der Waals surface area contributed by atoms with E-state index in [-0.39, 0.29) is 10.9 Å². The Kier molecular flexibility index (Phi) is 1.73. The molecule has 0 aromatic heterocycles. The number of rotatable bonds is 2. The minimum Gasteiger partial charge on any atom is -0.348 e. The van der Waals surface area contributed by atoms with Crippen LogP contribution in [0.3, 0.4) is 0 Å². The van der Waals surface area contributed by atoms with Crippen LogP contribution in [-0.4, -0.2) is 11.9 Å². The first-order chi connectivity index (χ1) is 6.68. The van der Waals surface area contributed by atoms with E-state index < -0.39 is 0 Å². The van der Waals surface area contributed by atoms with Crippen molar-refractivity contribution < 1.29 is 4.79 Å². The first-order valence-electron chi connectivity index (χ1n) is 5.33. The number of carbonyl (C=O) groups excluding carboxylic acids is 1. The summed E-state index contributed by atoms with van der Waals surface area (Å²) in [6.45, 7) is 3.44. The van der Waals surface area contributed by atoms with Crippen LogP contribution in [0.5, 0.6) is 0 Å². The van der Waals surface area contributed by atoms with E-state index in [1.165, 1.54) is 19.3 Å². The summed E-state index contributed by atoms with van der Waals surface area (Å²) in [5.41, 5.74) is 0. The molecule has 0 aliphatic heterocycles. The summed E-state index contributed by atoms with van der Waals surface area (Å²) >= 11 is 5.54. The molecule has 3 fully saturated rings. The van der Waals surface area contributed by atoms with E-state index in [0.29, 0.717) is 6.04 Å². The van der Waals surface area contributed by atoms with E-state index in [0.717, 1.165) is 23.7 Å². The van der Waals surface area contributed by atoms with Crippen molar-refractivity contribution in [1.29, 1.82) is 0 Å². The standard InChI is InChI=1S/C11H14ClNO/c1-5(12)11(14)13-10-8-6-2-3-7(4-6)9(8)10/h6-10H,1-4H2,(H,13,14). The maximum absolute atomic E-state index is 11.3. The molecule has 2 nitrogen and oxygen atoms in total. The second-order valence-electron chi connectivity index (χ2n) is 4.89. The smallest absolute Gasteiger partial charge is 0.262 e. The fourth-order valence-electron chi connectivity index (χ4n) is 3.75. The zero-order valence-corrected chi connectivity index (χ0v) is 8.76. The molecule has 3 saturated carbocycles. The molecule has 0 radical (unpaired) electrons. The summed E-state index contributed by atoms with van der Waals surface area (Å²) < 4.78 is 0.